The van der Waals surface area contributed by atoms with Gasteiger partial charge in [0.2, 0.25) is 5.91 Å². The number of hydrogen-bond donors (Lipinski definition) is 3. The number of carbonyl (C=O) groups is 2. The van der Waals surface area contributed by atoms with Crippen LogP contribution in [0.2, 0.25) is 0 Å². The zero-order valence-electron chi connectivity index (χ0n) is 15.2. The van der Waals surface area contributed by atoms with E-state index in [-0.39, 0.29) is 11.5 Å². The van der Waals surface area contributed by atoms with Crippen LogP contribution in [-0.2, 0) is 4.79 Å². The Morgan fingerprint density at radius 2 is 1.66 bits per heavy atom. The number of benzene rings is 2. The van der Waals surface area contributed by atoms with Gasteiger partial charge in [0, 0.05) is 5.56 Å². The highest BCUT2D eigenvalue weighted by Crippen LogP contribution is 2.25. The maximum absolute atomic E-state index is 13.0. The van der Waals surface area contributed by atoms with Crippen molar-refractivity contribution in [3.05, 3.63) is 78.2 Å². The molecule has 2 aromatic carbocycles. The molecule has 148 valence electrons. The number of amides is 2. The van der Waals surface area contributed by atoms with Gasteiger partial charge in [-0.1, -0.05) is 6.07 Å². The molecule has 3 rings (SSSR count). The van der Waals surface area contributed by atoms with E-state index in [1.54, 1.807) is 36.4 Å². The van der Waals surface area contributed by atoms with Gasteiger partial charge in [-0.15, -0.1) is 0 Å². The minimum Gasteiger partial charge on any atom is -0.457 e. The monoisotopic (exact) mass is 395 g/mol. The maximum atomic E-state index is 13.0. The van der Waals surface area contributed by atoms with Crippen LogP contribution in [0, 0.1) is 5.82 Å². The van der Waals surface area contributed by atoms with E-state index in [1.807, 2.05) is 0 Å². The number of pyridine rings is 1. The Bertz CT molecular complexity index is 1010. The second kappa shape index (κ2) is 8.94. The molecule has 0 fully saturated rings. The number of aromatic nitrogens is 1. The molecule has 3 aromatic rings. The van der Waals surface area contributed by atoms with Crippen LogP contribution in [-0.4, -0.2) is 34.6 Å². The van der Waals surface area contributed by atoms with Crippen LogP contribution in [0.3, 0.4) is 0 Å². The van der Waals surface area contributed by atoms with Gasteiger partial charge >= 0.3 is 0 Å². The van der Waals surface area contributed by atoms with Crippen LogP contribution < -0.4 is 15.8 Å². The number of aliphatic hydroxyl groups is 1. The highest BCUT2D eigenvalue weighted by molar-refractivity contribution is 5.96. The van der Waals surface area contributed by atoms with Crippen LogP contribution >= 0.6 is 0 Å². The van der Waals surface area contributed by atoms with Crippen LogP contribution in [0.5, 0.6) is 11.5 Å². The van der Waals surface area contributed by atoms with Gasteiger partial charge in [-0.3, -0.25) is 9.59 Å². The standard InChI is InChI=1S/C21H18FN3O4/c22-14-6-10-16(11-7-14)29-15-8-4-13(5-9-15)17-2-1-3-18(24-17)21(28)25-19(12-26)20(23)27/h1-11,19,26H,12H2,(H2,23,27)(H,25,28)/t19-/m1/s1. The predicted octanol–water partition coefficient (Wildman–Crippen LogP) is 2.26. The number of hydrogen-bond acceptors (Lipinski definition) is 5. The summed E-state index contributed by atoms with van der Waals surface area (Å²) in [7, 11) is 0. The number of ether oxygens (including phenoxy) is 1. The maximum Gasteiger partial charge on any atom is 0.270 e. The summed E-state index contributed by atoms with van der Waals surface area (Å²) in [5, 5.41) is 11.4. The van der Waals surface area contributed by atoms with Gasteiger partial charge in [0.15, 0.2) is 0 Å². The van der Waals surface area contributed by atoms with Gasteiger partial charge in [0.1, 0.15) is 29.1 Å². The molecule has 0 aliphatic carbocycles. The first-order valence-corrected chi connectivity index (χ1v) is 8.68. The molecule has 0 aliphatic heterocycles. The van der Waals surface area contributed by atoms with Gasteiger partial charge in [-0.2, -0.15) is 0 Å². The van der Waals surface area contributed by atoms with E-state index in [4.69, 9.17) is 15.6 Å². The van der Waals surface area contributed by atoms with Crippen LogP contribution in [0.4, 0.5) is 4.39 Å². The Hall–Kier alpha value is -3.78. The van der Waals surface area contributed by atoms with Crippen molar-refractivity contribution in [3.63, 3.8) is 0 Å². The molecule has 0 radical (unpaired) electrons. The quantitative estimate of drug-likeness (QED) is 0.568. The Balaban J connectivity index is 1.73. The fourth-order valence-electron chi connectivity index (χ4n) is 2.49. The van der Waals surface area contributed by atoms with Crippen molar-refractivity contribution in [3.8, 4) is 22.8 Å². The summed E-state index contributed by atoms with van der Waals surface area (Å²) in [4.78, 5) is 27.7. The van der Waals surface area contributed by atoms with Gasteiger partial charge in [0.25, 0.3) is 5.91 Å². The number of aliphatic hydroxyl groups excluding tert-OH is 1. The number of carbonyl (C=O) groups excluding carboxylic acids is 2. The van der Waals surface area contributed by atoms with Crippen LogP contribution in [0.1, 0.15) is 10.5 Å². The highest BCUT2D eigenvalue weighted by atomic mass is 19.1. The van der Waals surface area contributed by atoms with Crippen molar-refractivity contribution in [1.29, 1.82) is 0 Å². The second-order valence-corrected chi connectivity index (χ2v) is 6.10. The summed E-state index contributed by atoms with van der Waals surface area (Å²) in [5.74, 6) is -0.746. The summed E-state index contributed by atoms with van der Waals surface area (Å²) >= 11 is 0. The fraction of sp³-hybridized carbons (Fsp3) is 0.0952. The molecule has 0 spiro atoms. The second-order valence-electron chi connectivity index (χ2n) is 6.10. The zero-order valence-corrected chi connectivity index (χ0v) is 15.2. The molecule has 0 bridgehead atoms. The SMILES string of the molecule is NC(=O)[C@@H](CO)NC(=O)c1cccc(-c2ccc(Oc3ccc(F)cc3)cc2)n1. The molecule has 0 saturated heterocycles. The fourth-order valence-corrected chi connectivity index (χ4v) is 2.49. The number of nitrogens with zero attached hydrogens (tertiary/aromatic N) is 1. The molecule has 1 atom stereocenters. The normalized spacial score (nSPS) is 11.5. The van der Waals surface area contributed by atoms with Crippen molar-refractivity contribution >= 4 is 11.8 Å². The average molecular weight is 395 g/mol. The molecule has 29 heavy (non-hydrogen) atoms. The molecule has 1 heterocycles. The lowest BCUT2D eigenvalue weighted by Crippen LogP contribution is -2.47. The highest BCUT2D eigenvalue weighted by Gasteiger charge is 2.18. The summed E-state index contributed by atoms with van der Waals surface area (Å²) in [6.45, 7) is -0.601. The average Bonchev–Trinajstić information content (AvgIpc) is 2.74. The molecule has 1 aromatic heterocycles. The van der Waals surface area contributed by atoms with E-state index in [2.05, 4.69) is 10.3 Å². The Labute approximate surface area is 166 Å². The Kier molecular flexibility index (Phi) is 6.16. The van der Waals surface area contributed by atoms with Crippen molar-refractivity contribution in [2.24, 2.45) is 5.73 Å². The van der Waals surface area contributed by atoms with E-state index in [0.717, 1.165) is 5.56 Å². The molecular weight excluding hydrogens is 377 g/mol. The van der Waals surface area contributed by atoms with E-state index >= 15 is 0 Å². The lowest BCUT2D eigenvalue weighted by atomic mass is 10.1. The molecule has 7 nitrogen and oxygen atoms in total. The predicted molar refractivity (Wildman–Crippen MR) is 104 cm³/mol. The third kappa shape index (κ3) is 5.14. The molecule has 0 saturated carbocycles. The molecule has 4 N–H and O–H groups in total. The topological polar surface area (TPSA) is 115 Å². The minimum absolute atomic E-state index is 0.0776. The molecular formula is C21H18FN3O4. The van der Waals surface area contributed by atoms with E-state index in [9.17, 15) is 14.0 Å². The smallest absolute Gasteiger partial charge is 0.270 e. The molecule has 8 heteroatoms. The number of nitrogens with two attached hydrogens (primary N) is 1. The van der Waals surface area contributed by atoms with Crippen LogP contribution in [0.25, 0.3) is 11.3 Å². The first-order valence-electron chi connectivity index (χ1n) is 8.68. The third-order valence-corrected chi connectivity index (χ3v) is 4.01. The number of rotatable bonds is 7. The molecule has 2 amide bonds. The largest absolute Gasteiger partial charge is 0.457 e. The number of halogens is 1. The number of nitrogens with one attached hydrogen (secondary N) is 1. The van der Waals surface area contributed by atoms with Gasteiger partial charge in [0.05, 0.1) is 12.3 Å². The van der Waals surface area contributed by atoms with Gasteiger partial charge in [-0.05, 0) is 60.7 Å². The van der Waals surface area contributed by atoms with Gasteiger partial charge < -0.3 is 20.9 Å². The summed E-state index contributed by atoms with van der Waals surface area (Å²) in [5.41, 5.74) is 6.45. The lowest BCUT2D eigenvalue weighted by molar-refractivity contribution is -0.120. The first-order chi connectivity index (χ1) is 14.0. The molecule has 0 unspecified atom stereocenters. The Morgan fingerprint density at radius 1 is 1.03 bits per heavy atom. The molecule has 0 aliphatic rings. The van der Waals surface area contributed by atoms with E-state index < -0.39 is 24.5 Å². The van der Waals surface area contributed by atoms with Crippen molar-refractivity contribution in [1.82, 2.24) is 10.3 Å². The Morgan fingerprint density at radius 3 is 2.24 bits per heavy atom. The van der Waals surface area contributed by atoms with Crippen LogP contribution in [0.15, 0.2) is 66.7 Å². The van der Waals surface area contributed by atoms with E-state index in [1.165, 1.54) is 30.3 Å². The van der Waals surface area contributed by atoms with Gasteiger partial charge in [-0.25, -0.2) is 9.37 Å². The summed E-state index contributed by atoms with van der Waals surface area (Å²) in [6.07, 6.45) is 0. The lowest BCUT2D eigenvalue weighted by Gasteiger charge is -2.12. The summed E-state index contributed by atoms with van der Waals surface area (Å²) in [6, 6.07) is 16.3. The third-order valence-electron chi connectivity index (χ3n) is 4.01. The van der Waals surface area contributed by atoms with Crippen molar-refractivity contribution in [2.75, 3.05) is 6.61 Å². The first kappa shape index (κ1) is 20.0. The number of primary amides is 1. The minimum atomic E-state index is -1.18. The summed E-state index contributed by atoms with van der Waals surface area (Å²) < 4.78 is 18.6. The van der Waals surface area contributed by atoms with Crippen molar-refractivity contribution < 1.29 is 23.8 Å². The van der Waals surface area contributed by atoms with Crippen molar-refractivity contribution in [2.45, 2.75) is 6.04 Å². The van der Waals surface area contributed by atoms with E-state index in [0.29, 0.717) is 17.2 Å². The zero-order chi connectivity index (χ0) is 20.8.